The van der Waals surface area contributed by atoms with Gasteiger partial charge in [0.2, 0.25) is 0 Å². The van der Waals surface area contributed by atoms with Gasteiger partial charge in [-0.25, -0.2) is 9.37 Å². The zero-order chi connectivity index (χ0) is 9.68. The van der Waals surface area contributed by atoms with E-state index >= 15 is 0 Å². The lowest BCUT2D eigenvalue weighted by molar-refractivity contribution is -0.107. The summed E-state index contributed by atoms with van der Waals surface area (Å²) in [6, 6.07) is 1.12. The molecule has 0 spiro atoms. The quantitative estimate of drug-likeness (QED) is 0.508. The Hall–Kier alpha value is -1.40. The van der Waals surface area contributed by atoms with Crippen LogP contribution in [0.25, 0.3) is 0 Å². The molecule has 66 valence electrons. The summed E-state index contributed by atoms with van der Waals surface area (Å²) < 4.78 is 12.9. The van der Waals surface area contributed by atoms with Crippen molar-refractivity contribution in [1.29, 1.82) is 0 Å². The largest absolute Gasteiger partial charge is 0.302 e. The van der Waals surface area contributed by atoms with Crippen LogP contribution in [-0.4, -0.2) is 11.3 Å². The van der Waals surface area contributed by atoms with E-state index in [9.17, 15) is 9.18 Å². The van der Waals surface area contributed by atoms with E-state index in [0.717, 1.165) is 6.07 Å². The molecule has 1 rings (SSSR count). The fourth-order valence-electron chi connectivity index (χ4n) is 0.683. The maximum atomic E-state index is 12.9. The van der Waals surface area contributed by atoms with Crippen LogP contribution >= 0.6 is 11.6 Å². The second kappa shape index (κ2) is 4.58. The molecule has 0 unspecified atom stereocenters. The number of pyridine rings is 1. The molecule has 0 aliphatic heterocycles. The van der Waals surface area contributed by atoms with Crippen LogP contribution in [-0.2, 0) is 4.79 Å². The Balaban J connectivity index is 2.91. The van der Waals surface area contributed by atoms with Crippen molar-refractivity contribution in [3.05, 3.63) is 28.8 Å². The number of carbonyl (C=O) groups is 1. The molecule has 4 heteroatoms. The fraction of sp³-hybridized carbons (Fsp3) is 0.111. The topological polar surface area (TPSA) is 30.0 Å². The maximum Gasteiger partial charge on any atom is 0.158 e. The van der Waals surface area contributed by atoms with Crippen LogP contribution in [0.1, 0.15) is 12.1 Å². The zero-order valence-electron chi connectivity index (χ0n) is 6.55. The van der Waals surface area contributed by atoms with Gasteiger partial charge in [-0.15, -0.1) is 0 Å². The fourth-order valence-corrected chi connectivity index (χ4v) is 0.828. The number of halogens is 2. The molecular weight excluding hydrogens is 193 g/mol. The van der Waals surface area contributed by atoms with Crippen LogP contribution in [0.3, 0.4) is 0 Å². The molecule has 0 radical (unpaired) electrons. The van der Waals surface area contributed by atoms with E-state index < -0.39 is 5.82 Å². The van der Waals surface area contributed by atoms with E-state index in [1.54, 1.807) is 0 Å². The SMILES string of the molecule is O=CCC#Cc1ncc(Cl)cc1F. The van der Waals surface area contributed by atoms with E-state index in [0.29, 0.717) is 6.29 Å². The highest BCUT2D eigenvalue weighted by molar-refractivity contribution is 6.30. The molecule has 0 aliphatic rings. The van der Waals surface area contributed by atoms with Gasteiger partial charge in [-0.3, -0.25) is 0 Å². The van der Waals surface area contributed by atoms with Gasteiger partial charge in [0, 0.05) is 6.20 Å². The Morgan fingerprint density at radius 2 is 2.46 bits per heavy atom. The van der Waals surface area contributed by atoms with Crippen molar-refractivity contribution in [2.45, 2.75) is 6.42 Å². The number of hydrogen-bond donors (Lipinski definition) is 0. The predicted molar refractivity (Wildman–Crippen MR) is 46.8 cm³/mol. The van der Waals surface area contributed by atoms with Crippen molar-refractivity contribution in [2.75, 3.05) is 0 Å². The molecule has 0 saturated carbocycles. The smallest absolute Gasteiger partial charge is 0.158 e. The van der Waals surface area contributed by atoms with Gasteiger partial charge in [0.05, 0.1) is 11.4 Å². The molecular formula is C9H5ClFNO. The average Bonchev–Trinajstić information content (AvgIpc) is 2.09. The minimum absolute atomic E-state index is 0.00579. The first kappa shape index (κ1) is 9.69. The third kappa shape index (κ3) is 2.85. The number of rotatable bonds is 1. The first-order chi connectivity index (χ1) is 6.24. The predicted octanol–water partition coefficient (Wildman–Crippen LogP) is 1.81. The Morgan fingerprint density at radius 1 is 1.69 bits per heavy atom. The summed E-state index contributed by atoms with van der Waals surface area (Å²) in [5, 5.41) is 0.221. The Morgan fingerprint density at radius 3 is 3.08 bits per heavy atom. The summed E-state index contributed by atoms with van der Waals surface area (Å²) in [5.74, 6) is 4.29. The monoisotopic (exact) mass is 197 g/mol. The van der Waals surface area contributed by atoms with E-state index in [2.05, 4.69) is 16.8 Å². The third-order valence-electron chi connectivity index (χ3n) is 1.20. The average molecular weight is 198 g/mol. The van der Waals surface area contributed by atoms with Crippen molar-refractivity contribution in [2.24, 2.45) is 0 Å². The maximum absolute atomic E-state index is 12.9. The van der Waals surface area contributed by atoms with Gasteiger partial charge in [0.1, 0.15) is 12.0 Å². The molecule has 0 aliphatic carbocycles. The van der Waals surface area contributed by atoms with Crippen LogP contribution in [0, 0.1) is 17.7 Å². The highest BCUT2D eigenvalue weighted by Gasteiger charge is 2.00. The van der Waals surface area contributed by atoms with Crippen LogP contribution < -0.4 is 0 Å². The van der Waals surface area contributed by atoms with Crippen molar-refractivity contribution in [3.8, 4) is 11.8 Å². The van der Waals surface area contributed by atoms with Gasteiger partial charge >= 0.3 is 0 Å². The van der Waals surface area contributed by atoms with Gasteiger partial charge < -0.3 is 4.79 Å². The molecule has 0 atom stereocenters. The first-order valence-corrected chi connectivity index (χ1v) is 3.85. The summed E-state index contributed by atoms with van der Waals surface area (Å²) >= 11 is 5.47. The number of aldehydes is 1. The summed E-state index contributed by atoms with van der Waals surface area (Å²) in [6.07, 6.45) is 2.01. The highest BCUT2D eigenvalue weighted by Crippen LogP contribution is 2.10. The zero-order valence-corrected chi connectivity index (χ0v) is 7.31. The second-order valence-corrected chi connectivity index (χ2v) is 2.59. The number of carbonyl (C=O) groups excluding carboxylic acids is 1. The number of nitrogens with zero attached hydrogens (tertiary/aromatic N) is 1. The van der Waals surface area contributed by atoms with Crippen molar-refractivity contribution in [1.82, 2.24) is 4.98 Å². The first-order valence-electron chi connectivity index (χ1n) is 3.47. The highest BCUT2D eigenvalue weighted by atomic mass is 35.5. The van der Waals surface area contributed by atoms with Crippen LogP contribution in [0.2, 0.25) is 5.02 Å². The van der Waals surface area contributed by atoms with Crippen molar-refractivity contribution in [3.63, 3.8) is 0 Å². The second-order valence-electron chi connectivity index (χ2n) is 2.16. The molecule has 13 heavy (non-hydrogen) atoms. The number of aromatic nitrogens is 1. The van der Waals surface area contributed by atoms with Gasteiger partial charge in [-0.2, -0.15) is 0 Å². The van der Waals surface area contributed by atoms with Gasteiger partial charge in [-0.05, 0) is 12.0 Å². The van der Waals surface area contributed by atoms with Gasteiger partial charge in [0.25, 0.3) is 0 Å². The van der Waals surface area contributed by atoms with E-state index in [1.165, 1.54) is 6.20 Å². The summed E-state index contributed by atoms with van der Waals surface area (Å²) in [6.45, 7) is 0. The van der Waals surface area contributed by atoms with E-state index in [4.69, 9.17) is 11.6 Å². The molecule has 0 bridgehead atoms. The van der Waals surface area contributed by atoms with E-state index in [1.807, 2.05) is 0 Å². The molecule has 0 amide bonds. The summed E-state index contributed by atoms with van der Waals surface area (Å²) in [4.78, 5) is 13.5. The lowest BCUT2D eigenvalue weighted by Crippen LogP contribution is -1.88. The Bertz CT molecular complexity index is 381. The molecule has 2 nitrogen and oxygen atoms in total. The molecule has 0 fully saturated rings. The van der Waals surface area contributed by atoms with Crippen molar-refractivity contribution < 1.29 is 9.18 Å². The van der Waals surface area contributed by atoms with Gasteiger partial charge in [-0.1, -0.05) is 17.5 Å². The third-order valence-corrected chi connectivity index (χ3v) is 1.41. The van der Waals surface area contributed by atoms with Crippen LogP contribution in [0.4, 0.5) is 4.39 Å². The normalized spacial score (nSPS) is 8.77. The standard InChI is InChI=1S/C9H5ClFNO/c10-7-5-8(11)9(12-6-7)3-1-2-4-13/h4-6H,2H2. The van der Waals surface area contributed by atoms with Crippen molar-refractivity contribution >= 4 is 17.9 Å². The van der Waals surface area contributed by atoms with Crippen LogP contribution in [0.5, 0.6) is 0 Å². The summed E-state index contributed by atoms with van der Waals surface area (Å²) in [5.41, 5.74) is 0.00579. The molecule has 1 aromatic heterocycles. The molecule has 1 heterocycles. The molecule has 0 saturated heterocycles. The minimum atomic E-state index is -0.578. The Kier molecular flexibility index (Phi) is 3.41. The molecule has 0 N–H and O–H groups in total. The molecule has 0 aromatic carbocycles. The number of hydrogen-bond acceptors (Lipinski definition) is 2. The van der Waals surface area contributed by atoms with Crippen LogP contribution in [0.15, 0.2) is 12.3 Å². The van der Waals surface area contributed by atoms with Gasteiger partial charge in [0.15, 0.2) is 5.82 Å². The Labute approximate surface area is 79.7 Å². The lowest BCUT2D eigenvalue weighted by Gasteiger charge is -1.92. The molecule has 1 aromatic rings. The van der Waals surface area contributed by atoms with E-state index in [-0.39, 0.29) is 17.1 Å². The summed E-state index contributed by atoms with van der Waals surface area (Å²) in [7, 11) is 0. The lowest BCUT2D eigenvalue weighted by atomic mass is 10.3. The minimum Gasteiger partial charge on any atom is -0.302 e.